The number of halogens is 1. The smallest absolute Gasteiger partial charge is 0.243 e. The van der Waals surface area contributed by atoms with Crippen LogP contribution in [0.2, 0.25) is 0 Å². The van der Waals surface area contributed by atoms with Crippen LogP contribution in [0.25, 0.3) is 0 Å². The number of benzene rings is 1. The molecule has 0 aliphatic carbocycles. The van der Waals surface area contributed by atoms with Gasteiger partial charge in [-0.25, -0.2) is 0 Å². The van der Waals surface area contributed by atoms with Crippen molar-refractivity contribution in [3.05, 3.63) is 40.6 Å². The molecular weight excluding hydrogens is 244 g/mol. The maximum Gasteiger partial charge on any atom is 0.243 e. The average molecular weight is 253 g/mol. The minimum absolute atomic E-state index is 0.598. The van der Waals surface area contributed by atoms with Gasteiger partial charge in [-0.15, -0.1) is 5.10 Å². The molecule has 0 aliphatic rings. The van der Waals surface area contributed by atoms with Crippen molar-refractivity contribution in [1.29, 1.82) is 0 Å². The zero-order valence-electron chi connectivity index (χ0n) is 7.37. The quantitative estimate of drug-likeness (QED) is 0.881. The van der Waals surface area contributed by atoms with Crippen molar-refractivity contribution in [2.45, 2.75) is 6.54 Å². The molecule has 0 radical (unpaired) electrons. The molecular formula is C9H9BrN4. The predicted octanol–water partition coefficient (Wildman–Crippen LogP) is 2.18. The van der Waals surface area contributed by atoms with Crippen LogP contribution in [0.1, 0.15) is 5.56 Å². The summed E-state index contributed by atoms with van der Waals surface area (Å²) in [6, 6.07) is 10.1. The Bertz CT molecular complexity index is 398. The summed E-state index contributed by atoms with van der Waals surface area (Å²) in [5.41, 5.74) is 1.20. The first kappa shape index (κ1) is 9.21. The Labute approximate surface area is 89.9 Å². The summed E-state index contributed by atoms with van der Waals surface area (Å²) in [5, 5.41) is 9.73. The Balaban J connectivity index is 1.95. The van der Waals surface area contributed by atoms with E-state index in [0.717, 1.165) is 6.54 Å². The van der Waals surface area contributed by atoms with Crippen LogP contribution in [-0.2, 0) is 6.54 Å². The largest absolute Gasteiger partial charge is 0.349 e. The lowest BCUT2D eigenvalue weighted by Gasteiger charge is -2.00. The standard InChI is InChI=1S/C9H9BrN4/c10-8-12-9(14-13-8)11-6-7-4-2-1-3-5-7/h1-5H,6H2,(H2,11,12,13,14). The second kappa shape index (κ2) is 4.23. The zero-order chi connectivity index (χ0) is 9.80. The van der Waals surface area contributed by atoms with Gasteiger partial charge in [-0.2, -0.15) is 4.98 Å². The number of aromatic nitrogens is 3. The second-order valence-electron chi connectivity index (χ2n) is 2.79. The summed E-state index contributed by atoms with van der Waals surface area (Å²) < 4.78 is 0.632. The van der Waals surface area contributed by atoms with Gasteiger partial charge in [-0.3, -0.25) is 5.10 Å². The van der Waals surface area contributed by atoms with Gasteiger partial charge in [0.2, 0.25) is 5.95 Å². The minimum Gasteiger partial charge on any atom is -0.349 e. The number of hydrogen-bond donors (Lipinski definition) is 2. The van der Waals surface area contributed by atoms with Crippen molar-refractivity contribution in [1.82, 2.24) is 15.2 Å². The first-order valence-electron chi connectivity index (χ1n) is 4.20. The van der Waals surface area contributed by atoms with E-state index in [1.807, 2.05) is 18.2 Å². The molecule has 0 saturated heterocycles. The van der Waals surface area contributed by atoms with Gasteiger partial charge >= 0.3 is 0 Å². The third kappa shape index (κ3) is 2.32. The molecule has 0 saturated carbocycles. The lowest BCUT2D eigenvalue weighted by molar-refractivity contribution is 1.04. The van der Waals surface area contributed by atoms with E-state index < -0.39 is 0 Å². The summed E-state index contributed by atoms with van der Waals surface area (Å²) in [6.45, 7) is 0.727. The molecule has 1 aromatic heterocycles. The van der Waals surface area contributed by atoms with Crippen LogP contribution in [0.4, 0.5) is 5.95 Å². The fraction of sp³-hybridized carbons (Fsp3) is 0.111. The molecule has 5 heteroatoms. The van der Waals surface area contributed by atoms with Gasteiger partial charge in [0, 0.05) is 6.54 Å². The van der Waals surface area contributed by atoms with Crippen molar-refractivity contribution in [3.63, 3.8) is 0 Å². The monoisotopic (exact) mass is 252 g/mol. The molecule has 2 aromatic rings. The van der Waals surface area contributed by atoms with E-state index in [9.17, 15) is 0 Å². The summed E-state index contributed by atoms with van der Waals surface area (Å²) in [6.07, 6.45) is 0. The van der Waals surface area contributed by atoms with E-state index in [-0.39, 0.29) is 0 Å². The Morgan fingerprint density at radius 1 is 1.29 bits per heavy atom. The number of anilines is 1. The van der Waals surface area contributed by atoms with Gasteiger partial charge in [0.05, 0.1) is 0 Å². The van der Waals surface area contributed by atoms with Crippen molar-refractivity contribution < 1.29 is 0 Å². The number of rotatable bonds is 3. The Morgan fingerprint density at radius 3 is 2.71 bits per heavy atom. The summed E-state index contributed by atoms with van der Waals surface area (Å²) in [4.78, 5) is 4.06. The highest BCUT2D eigenvalue weighted by Gasteiger charge is 1.98. The highest BCUT2D eigenvalue weighted by atomic mass is 79.9. The van der Waals surface area contributed by atoms with Crippen molar-refractivity contribution in [2.75, 3.05) is 5.32 Å². The van der Waals surface area contributed by atoms with E-state index in [1.54, 1.807) is 0 Å². The van der Waals surface area contributed by atoms with Gasteiger partial charge in [-0.1, -0.05) is 30.3 Å². The van der Waals surface area contributed by atoms with Crippen LogP contribution in [0.3, 0.4) is 0 Å². The maximum absolute atomic E-state index is 4.06. The van der Waals surface area contributed by atoms with E-state index in [1.165, 1.54) is 5.56 Å². The first-order chi connectivity index (χ1) is 6.84. The highest BCUT2D eigenvalue weighted by Crippen LogP contribution is 2.06. The minimum atomic E-state index is 0.598. The summed E-state index contributed by atoms with van der Waals surface area (Å²) in [7, 11) is 0. The average Bonchev–Trinajstić information content (AvgIpc) is 2.63. The lowest BCUT2D eigenvalue weighted by atomic mass is 10.2. The first-order valence-corrected chi connectivity index (χ1v) is 4.99. The molecule has 0 atom stereocenters. The van der Waals surface area contributed by atoms with E-state index in [4.69, 9.17) is 0 Å². The fourth-order valence-corrected chi connectivity index (χ4v) is 1.35. The molecule has 1 aromatic carbocycles. The summed E-state index contributed by atoms with van der Waals surface area (Å²) >= 11 is 3.19. The van der Waals surface area contributed by atoms with E-state index in [2.05, 4.69) is 48.6 Å². The molecule has 72 valence electrons. The molecule has 0 unspecified atom stereocenters. The topological polar surface area (TPSA) is 53.6 Å². The Morgan fingerprint density at radius 2 is 2.07 bits per heavy atom. The van der Waals surface area contributed by atoms with Crippen LogP contribution in [-0.4, -0.2) is 15.2 Å². The molecule has 1 heterocycles. The molecule has 0 spiro atoms. The van der Waals surface area contributed by atoms with Crippen LogP contribution in [0.15, 0.2) is 35.1 Å². The van der Waals surface area contributed by atoms with Crippen molar-refractivity contribution >= 4 is 21.9 Å². The van der Waals surface area contributed by atoms with Crippen molar-refractivity contribution in [2.24, 2.45) is 0 Å². The lowest BCUT2D eigenvalue weighted by Crippen LogP contribution is -2.00. The molecule has 0 bridgehead atoms. The van der Waals surface area contributed by atoms with Gasteiger partial charge in [-0.05, 0) is 21.5 Å². The maximum atomic E-state index is 4.06. The molecule has 2 rings (SSSR count). The number of hydrogen-bond acceptors (Lipinski definition) is 3. The molecule has 0 amide bonds. The van der Waals surface area contributed by atoms with Gasteiger partial charge < -0.3 is 5.32 Å². The number of aromatic amines is 1. The van der Waals surface area contributed by atoms with Crippen LogP contribution < -0.4 is 5.32 Å². The number of nitrogens with one attached hydrogen (secondary N) is 2. The molecule has 0 fully saturated rings. The van der Waals surface area contributed by atoms with Crippen molar-refractivity contribution in [3.8, 4) is 0 Å². The van der Waals surface area contributed by atoms with Crippen LogP contribution >= 0.6 is 15.9 Å². The normalized spacial score (nSPS) is 10.1. The van der Waals surface area contributed by atoms with E-state index in [0.29, 0.717) is 10.7 Å². The summed E-state index contributed by atoms with van der Waals surface area (Å²) in [5.74, 6) is 0.598. The predicted molar refractivity (Wildman–Crippen MR) is 57.9 cm³/mol. The molecule has 14 heavy (non-hydrogen) atoms. The molecule has 2 N–H and O–H groups in total. The van der Waals surface area contributed by atoms with Crippen LogP contribution in [0, 0.1) is 0 Å². The van der Waals surface area contributed by atoms with Crippen LogP contribution in [0.5, 0.6) is 0 Å². The Kier molecular flexibility index (Phi) is 2.78. The third-order valence-corrected chi connectivity index (χ3v) is 2.11. The fourth-order valence-electron chi connectivity index (χ4n) is 1.10. The Hall–Kier alpha value is -1.36. The molecule has 4 nitrogen and oxygen atoms in total. The third-order valence-electron chi connectivity index (χ3n) is 1.75. The van der Waals surface area contributed by atoms with Gasteiger partial charge in [0.15, 0.2) is 4.73 Å². The van der Waals surface area contributed by atoms with E-state index >= 15 is 0 Å². The number of H-pyrrole nitrogens is 1. The molecule has 0 aliphatic heterocycles. The zero-order valence-corrected chi connectivity index (χ0v) is 8.95. The highest BCUT2D eigenvalue weighted by molar-refractivity contribution is 9.10. The second-order valence-corrected chi connectivity index (χ2v) is 3.54. The number of nitrogens with zero attached hydrogens (tertiary/aromatic N) is 2. The van der Waals surface area contributed by atoms with Gasteiger partial charge in [0.25, 0.3) is 0 Å². The van der Waals surface area contributed by atoms with Gasteiger partial charge in [0.1, 0.15) is 0 Å². The SMILES string of the molecule is Brc1nc(NCc2ccccc2)n[nH]1.